The highest BCUT2D eigenvalue weighted by Crippen LogP contribution is 2.05. The van der Waals surface area contributed by atoms with Crippen LogP contribution in [0, 0.1) is 6.92 Å². The monoisotopic (exact) mass is 220 g/mol. The molecule has 90 valence electrons. The summed E-state index contributed by atoms with van der Waals surface area (Å²) >= 11 is 0. The zero-order chi connectivity index (χ0) is 11.6. The van der Waals surface area contributed by atoms with E-state index in [2.05, 4.69) is 48.7 Å². The van der Waals surface area contributed by atoms with Crippen LogP contribution in [0.25, 0.3) is 0 Å². The average molecular weight is 220 g/mol. The maximum atomic E-state index is 3.48. The lowest BCUT2D eigenvalue weighted by Crippen LogP contribution is -2.22. The molecule has 0 spiro atoms. The Kier molecular flexibility index (Phi) is 6.86. The predicted molar refractivity (Wildman–Crippen MR) is 70.7 cm³/mol. The lowest BCUT2D eigenvalue weighted by atomic mass is 10.1. The van der Waals surface area contributed by atoms with E-state index in [0.717, 1.165) is 26.2 Å². The largest absolute Gasteiger partial charge is 0.317 e. The molecule has 1 rings (SSSR count). The SMILES string of the molecule is CCCNCCCNCc1ccccc1C. The van der Waals surface area contributed by atoms with Crippen molar-refractivity contribution < 1.29 is 0 Å². The Morgan fingerprint density at radius 2 is 1.75 bits per heavy atom. The molecule has 0 unspecified atom stereocenters. The van der Waals surface area contributed by atoms with Crippen LogP contribution in [0.5, 0.6) is 0 Å². The van der Waals surface area contributed by atoms with Gasteiger partial charge in [0.15, 0.2) is 0 Å². The van der Waals surface area contributed by atoms with Gasteiger partial charge in [-0.05, 0) is 50.5 Å². The smallest absolute Gasteiger partial charge is 0.0208 e. The predicted octanol–water partition coefficient (Wildman–Crippen LogP) is 2.47. The van der Waals surface area contributed by atoms with Gasteiger partial charge in [-0.3, -0.25) is 0 Å². The second kappa shape index (κ2) is 8.31. The number of benzene rings is 1. The van der Waals surface area contributed by atoms with Gasteiger partial charge in [-0.1, -0.05) is 31.2 Å². The van der Waals surface area contributed by atoms with Crippen LogP contribution in [0.1, 0.15) is 30.9 Å². The Balaban J connectivity index is 2.05. The summed E-state index contributed by atoms with van der Waals surface area (Å²) in [6.07, 6.45) is 2.42. The number of aryl methyl sites for hydroxylation is 1. The molecule has 0 saturated carbocycles. The maximum Gasteiger partial charge on any atom is 0.0208 e. The first-order valence-electron chi connectivity index (χ1n) is 6.30. The third-order valence-electron chi connectivity index (χ3n) is 2.71. The van der Waals surface area contributed by atoms with Gasteiger partial charge in [0.2, 0.25) is 0 Å². The molecule has 0 bridgehead atoms. The van der Waals surface area contributed by atoms with Crippen molar-refractivity contribution in [1.29, 1.82) is 0 Å². The van der Waals surface area contributed by atoms with E-state index in [1.165, 1.54) is 24.0 Å². The molecule has 0 amide bonds. The van der Waals surface area contributed by atoms with E-state index >= 15 is 0 Å². The van der Waals surface area contributed by atoms with Crippen molar-refractivity contribution in [3.05, 3.63) is 35.4 Å². The van der Waals surface area contributed by atoms with Crippen molar-refractivity contribution in [3.63, 3.8) is 0 Å². The fourth-order valence-corrected chi connectivity index (χ4v) is 1.67. The molecule has 0 aliphatic heterocycles. The highest BCUT2D eigenvalue weighted by atomic mass is 14.9. The van der Waals surface area contributed by atoms with Crippen molar-refractivity contribution in [1.82, 2.24) is 10.6 Å². The molecule has 0 aliphatic carbocycles. The first kappa shape index (κ1) is 13.2. The molecule has 2 N–H and O–H groups in total. The lowest BCUT2D eigenvalue weighted by Gasteiger charge is -2.07. The molecule has 2 heteroatoms. The van der Waals surface area contributed by atoms with Crippen molar-refractivity contribution in [2.24, 2.45) is 0 Å². The summed E-state index contributed by atoms with van der Waals surface area (Å²) in [7, 11) is 0. The Bertz CT molecular complexity index is 284. The zero-order valence-electron chi connectivity index (χ0n) is 10.6. The van der Waals surface area contributed by atoms with Gasteiger partial charge >= 0.3 is 0 Å². The van der Waals surface area contributed by atoms with Crippen molar-refractivity contribution in [2.45, 2.75) is 33.2 Å². The van der Waals surface area contributed by atoms with Crippen molar-refractivity contribution in [3.8, 4) is 0 Å². The molecule has 16 heavy (non-hydrogen) atoms. The average Bonchev–Trinajstić information content (AvgIpc) is 2.30. The van der Waals surface area contributed by atoms with Crippen LogP contribution in [0.2, 0.25) is 0 Å². The quantitative estimate of drug-likeness (QED) is 0.658. The molecule has 0 radical (unpaired) electrons. The van der Waals surface area contributed by atoms with E-state index in [1.807, 2.05) is 0 Å². The van der Waals surface area contributed by atoms with Crippen LogP contribution in [-0.4, -0.2) is 19.6 Å². The first-order chi connectivity index (χ1) is 7.84. The standard InChI is InChI=1S/C14H24N2/c1-3-9-15-10-6-11-16-12-14-8-5-4-7-13(14)2/h4-5,7-8,15-16H,3,6,9-12H2,1-2H3. The summed E-state index contributed by atoms with van der Waals surface area (Å²) in [4.78, 5) is 0. The summed E-state index contributed by atoms with van der Waals surface area (Å²) in [5.41, 5.74) is 2.78. The van der Waals surface area contributed by atoms with E-state index in [1.54, 1.807) is 0 Å². The van der Waals surface area contributed by atoms with Crippen LogP contribution in [0.15, 0.2) is 24.3 Å². The molecule has 0 heterocycles. The lowest BCUT2D eigenvalue weighted by molar-refractivity contribution is 0.591. The molecule has 1 aromatic carbocycles. The van der Waals surface area contributed by atoms with Gasteiger partial charge in [-0.2, -0.15) is 0 Å². The molecule has 0 saturated heterocycles. The second-order valence-corrected chi connectivity index (χ2v) is 4.21. The molecule has 0 fully saturated rings. The van der Waals surface area contributed by atoms with E-state index in [4.69, 9.17) is 0 Å². The van der Waals surface area contributed by atoms with Gasteiger partial charge in [0, 0.05) is 6.54 Å². The molecule has 0 atom stereocenters. The Morgan fingerprint density at radius 1 is 1.00 bits per heavy atom. The Labute approximate surface area is 99.5 Å². The first-order valence-corrected chi connectivity index (χ1v) is 6.30. The van der Waals surface area contributed by atoms with E-state index in [9.17, 15) is 0 Å². The fraction of sp³-hybridized carbons (Fsp3) is 0.571. The number of hydrogen-bond acceptors (Lipinski definition) is 2. The van der Waals surface area contributed by atoms with Crippen LogP contribution >= 0.6 is 0 Å². The van der Waals surface area contributed by atoms with E-state index in [-0.39, 0.29) is 0 Å². The highest BCUT2D eigenvalue weighted by Gasteiger charge is 1.95. The summed E-state index contributed by atoms with van der Waals surface area (Å²) < 4.78 is 0. The van der Waals surface area contributed by atoms with Crippen molar-refractivity contribution in [2.75, 3.05) is 19.6 Å². The molecular weight excluding hydrogens is 196 g/mol. The minimum absolute atomic E-state index is 0.987. The van der Waals surface area contributed by atoms with Crippen LogP contribution < -0.4 is 10.6 Å². The number of nitrogens with one attached hydrogen (secondary N) is 2. The van der Waals surface area contributed by atoms with Gasteiger partial charge in [0.1, 0.15) is 0 Å². The normalized spacial score (nSPS) is 10.6. The van der Waals surface area contributed by atoms with Gasteiger partial charge < -0.3 is 10.6 Å². The third-order valence-corrected chi connectivity index (χ3v) is 2.71. The zero-order valence-corrected chi connectivity index (χ0v) is 10.6. The molecule has 0 aliphatic rings. The third kappa shape index (κ3) is 5.29. The molecule has 2 nitrogen and oxygen atoms in total. The number of rotatable bonds is 8. The minimum Gasteiger partial charge on any atom is -0.317 e. The summed E-state index contributed by atoms with van der Waals surface area (Å²) in [6.45, 7) is 8.70. The molecule has 0 aromatic heterocycles. The summed E-state index contributed by atoms with van der Waals surface area (Å²) in [6, 6.07) is 8.55. The van der Waals surface area contributed by atoms with Crippen LogP contribution in [0.4, 0.5) is 0 Å². The van der Waals surface area contributed by atoms with Crippen LogP contribution in [0.3, 0.4) is 0 Å². The van der Waals surface area contributed by atoms with Crippen LogP contribution in [-0.2, 0) is 6.54 Å². The van der Waals surface area contributed by atoms with Gasteiger partial charge in [-0.15, -0.1) is 0 Å². The highest BCUT2D eigenvalue weighted by molar-refractivity contribution is 5.25. The van der Waals surface area contributed by atoms with Gasteiger partial charge in [0.05, 0.1) is 0 Å². The number of hydrogen-bond donors (Lipinski definition) is 2. The fourth-order valence-electron chi connectivity index (χ4n) is 1.67. The van der Waals surface area contributed by atoms with E-state index < -0.39 is 0 Å². The van der Waals surface area contributed by atoms with E-state index in [0.29, 0.717) is 0 Å². The Morgan fingerprint density at radius 3 is 2.50 bits per heavy atom. The molecule has 1 aromatic rings. The summed E-state index contributed by atoms with van der Waals surface area (Å²) in [5, 5.41) is 6.88. The molecular formula is C14H24N2. The second-order valence-electron chi connectivity index (χ2n) is 4.21. The van der Waals surface area contributed by atoms with Gasteiger partial charge in [-0.25, -0.2) is 0 Å². The van der Waals surface area contributed by atoms with Gasteiger partial charge in [0.25, 0.3) is 0 Å². The topological polar surface area (TPSA) is 24.1 Å². The minimum atomic E-state index is 0.987. The maximum absolute atomic E-state index is 3.48. The summed E-state index contributed by atoms with van der Waals surface area (Å²) in [5.74, 6) is 0. The Hall–Kier alpha value is -0.860. The van der Waals surface area contributed by atoms with Crippen molar-refractivity contribution >= 4 is 0 Å².